The molecule has 0 unspecified atom stereocenters. The van der Waals surface area contributed by atoms with E-state index < -0.39 is 0 Å². The first-order chi connectivity index (χ1) is 15.0. The molecule has 0 aliphatic carbocycles. The largest absolute Gasteiger partial charge is 0.321 e. The molecule has 4 heteroatoms. The number of pyridine rings is 1. The number of anilines is 1. The lowest BCUT2D eigenvalue weighted by Gasteiger charge is -2.16. The van der Waals surface area contributed by atoms with Gasteiger partial charge in [0.05, 0.1) is 16.8 Å². The van der Waals surface area contributed by atoms with Gasteiger partial charge in [0, 0.05) is 21.7 Å². The Kier molecular flexibility index (Phi) is 6.06. The number of para-hydroxylation sites is 1. The van der Waals surface area contributed by atoms with Gasteiger partial charge in [-0.2, -0.15) is 0 Å². The number of benzene rings is 3. The van der Waals surface area contributed by atoms with Crippen LogP contribution in [0.1, 0.15) is 40.9 Å². The molecule has 1 heterocycles. The molecule has 0 fully saturated rings. The highest BCUT2D eigenvalue weighted by Gasteiger charge is 2.18. The zero-order chi connectivity index (χ0) is 22.0. The first-order valence-corrected chi connectivity index (χ1v) is 11.0. The summed E-state index contributed by atoms with van der Waals surface area (Å²) >= 11 is 6.39. The molecule has 4 aromatic rings. The average molecular weight is 429 g/mol. The van der Waals surface area contributed by atoms with Crippen LogP contribution in [0.4, 0.5) is 5.69 Å². The van der Waals surface area contributed by atoms with E-state index in [2.05, 4.69) is 31.3 Å². The van der Waals surface area contributed by atoms with E-state index in [0.29, 0.717) is 10.6 Å². The van der Waals surface area contributed by atoms with E-state index in [0.717, 1.165) is 57.4 Å². The highest BCUT2D eigenvalue weighted by Crippen LogP contribution is 2.31. The van der Waals surface area contributed by atoms with Crippen LogP contribution in [0.25, 0.3) is 22.2 Å². The van der Waals surface area contributed by atoms with Crippen LogP contribution in [0.5, 0.6) is 0 Å². The van der Waals surface area contributed by atoms with Gasteiger partial charge in [-0.25, -0.2) is 4.98 Å². The Labute approximate surface area is 188 Å². The molecule has 0 spiro atoms. The summed E-state index contributed by atoms with van der Waals surface area (Å²) in [6.45, 7) is 6.14. The van der Waals surface area contributed by atoms with Gasteiger partial charge in [-0.05, 0) is 48.6 Å². The van der Waals surface area contributed by atoms with Gasteiger partial charge >= 0.3 is 0 Å². The Morgan fingerprint density at radius 2 is 1.61 bits per heavy atom. The van der Waals surface area contributed by atoms with E-state index in [9.17, 15) is 4.79 Å². The van der Waals surface area contributed by atoms with Gasteiger partial charge in [-0.15, -0.1) is 0 Å². The van der Waals surface area contributed by atoms with Crippen molar-refractivity contribution >= 4 is 34.1 Å². The number of nitrogens with one attached hydrogen (secondary N) is 1. The lowest BCUT2D eigenvalue weighted by atomic mass is 10.00. The van der Waals surface area contributed by atoms with Crippen LogP contribution in [0.15, 0.2) is 66.7 Å². The number of carbonyl (C=O) groups is 1. The third-order valence-corrected chi connectivity index (χ3v) is 6.13. The van der Waals surface area contributed by atoms with E-state index in [-0.39, 0.29) is 5.91 Å². The summed E-state index contributed by atoms with van der Waals surface area (Å²) in [7, 11) is 0. The summed E-state index contributed by atoms with van der Waals surface area (Å²) in [6, 6.07) is 21.7. The lowest BCUT2D eigenvalue weighted by Crippen LogP contribution is -2.16. The molecule has 0 bridgehead atoms. The quantitative estimate of drug-likeness (QED) is 0.364. The van der Waals surface area contributed by atoms with Crippen LogP contribution in [-0.2, 0) is 12.8 Å². The van der Waals surface area contributed by atoms with Crippen LogP contribution in [0.3, 0.4) is 0 Å². The Morgan fingerprint density at radius 3 is 2.26 bits per heavy atom. The van der Waals surface area contributed by atoms with Gasteiger partial charge in [0.1, 0.15) is 0 Å². The first kappa shape index (κ1) is 21.1. The molecule has 0 aliphatic rings. The third kappa shape index (κ3) is 4.06. The molecule has 156 valence electrons. The molecule has 3 aromatic carbocycles. The van der Waals surface area contributed by atoms with Crippen molar-refractivity contribution in [3.63, 3.8) is 0 Å². The van der Waals surface area contributed by atoms with Crippen molar-refractivity contribution in [2.24, 2.45) is 0 Å². The number of hydrogen-bond acceptors (Lipinski definition) is 2. The first-order valence-electron chi connectivity index (χ1n) is 10.6. The molecule has 31 heavy (non-hydrogen) atoms. The fourth-order valence-electron chi connectivity index (χ4n) is 3.93. The highest BCUT2D eigenvalue weighted by molar-refractivity contribution is 6.32. The van der Waals surface area contributed by atoms with Crippen LogP contribution in [-0.4, -0.2) is 10.9 Å². The zero-order valence-electron chi connectivity index (χ0n) is 18.0. The highest BCUT2D eigenvalue weighted by atomic mass is 35.5. The Hall–Kier alpha value is -3.17. The lowest BCUT2D eigenvalue weighted by molar-refractivity contribution is 0.102. The molecule has 1 amide bonds. The number of fused-ring (bicyclic) bond motifs is 1. The van der Waals surface area contributed by atoms with Gasteiger partial charge in [-0.3, -0.25) is 4.79 Å². The minimum atomic E-state index is -0.137. The van der Waals surface area contributed by atoms with Gasteiger partial charge in [0.15, 0.2) is 0 Å². The van der Waals surface area contributed by atoms with E-state index >= 15 is 0 Å². The molecule has 0 saturated heterocycles. The number of hydrogen-bond donors (Lipinski definition) is 1. The van der Waals surface area contributed by atoms with Crippen molar-refractivity contribution in [1.82, 2.24) is 4.98 Å². The van der Waals surface area contributed by atoms with E-state index in [1.54, 1.807) is 0 Å². The topological polar surface area (TPSA) is 42.0 Å². The summed E-state index contributed by atoms with van der Waals surface area (Å²) in [4.78, 5) is 18.4. The van der Waals surface area contributed by atoms with Crippen molar-refractivity contribution in [3.05, 3.63) is 94.0 Å². The van der Waals surface area contributed by atoms with Crippen LogP contribution in [0, 0.1) is 6.92 Å². The minimum absolute atomic E-state index is 0.137. The second kappa shape index (κ2) is 8.91. The molecule has 0 aliphatic heterocycles. The van der Waals surface area contributed by atoms with Crippen molar-refractivity contribution in [2.75, 3.05) is 5.32 Å². The van der Waals surface area contributed by atoms with Crippen molar-refractivity contribution in [3.8, 4) is 11.3 Å². The number of halogens is 1. The second-order valence-corrected chi connectivity index (χ2v) is 8.01. The number of rotatable bonds is 5. The summed E-state index contributed by atoms with van der Waals surface area (Å²) in [5, 5.41) is 4.64. The minimum Gasteiger partial charge on any atom is -0.321 e. The summed E-state index contributed by atoms with van der Waals surface area (Å²) in [5.74, 6) is -0.137. The van der Waals surface area contributed by atoms with E-state index in [1.165, 1.54) is 0 Å². The predicted octanol–water partition coefficient (Wildman–Crippen LogP) is 7.24. The molecule has 1 aromatic heterocycles. The maximum Gasteiger partial charge on any atom is 0.256 e. The predicted molar refractivity (Wildman–Crippen MR) is 130 cm³/mol. The fourth-order valence-corrected chi connectivity index (χ4v) is 4.09. The average Bonchev–Trinajstić information content (AvgIpc) is 2.81. The van der Waals surface area contributed by atoms with Crippen molar-refractivity contribution in [2.45, 2.75) is 33.6 Å². The molecular weight excluding hydrogens is 404 g/mol. The molecular formula is C27H25ClN2O. The molecule has 3 nitrogen and oxygen atoms in total. The normalized spacial score (nSPS) is 11.0. The number of aryl methyl sites for hydroxylation is 3. The Bertz CT molecular complexity index is 1240. The van der Waals surface area contributed by atoms with Gasteiger partial charge in [0.2, 0.25) is 0 Å². The molecule has 0 saturated carbocycles. The molecule has 1 N–H and O–H groups in total. The zero-order valence-corrected chi connectivity index (χ0v) is 18.8. The molecule has 4 rings (SSSR count). The van der Waals surface area contributed by atoms with Crippen LogP contribution in [0.2, 0.25) is 5.02 Å². The van der Waals surface area contributed by atoms with Gasteiger partial charge in [0.25, 0.3) is 5.91 Å². The van der Waals surface area contributed by atoms with Crippen LogP contribution < -0.4 is 5.32 Å². The number of amides is 1. The van der Waals surface area contributed by atoms with Crippen molar-refractivity contribution in [1.29, 1.82) is 0 Å². The molecule has 0 atom stereocenters. The van der Waals surface area contributed by atoms with Crippen molar-refractivity contribution < 1.29 is 4.79 Å². The maximum absolute atomic E-state index is 13.6. The summed E-state index contributed by atoms with van der Waals surface area (Å²) in [6.07, 6.45) is 1.70. The fraction of sp³-hybridized carbons (Fsp3) is 0.185. The third-order valence-electron chi connectivity index (χ3n) is 5.72. The van der Waals surface area contributed by atoms with E-state index in [1.807, 2.05) is 61.5 Å². The Morgan fingerprint density at radius 1 is 0.935 bits per heavy atom. The van der Waals surface area contributed by atoms with Crippen LogP contribution >= 0.6 is 11.6 Å². The van der Waals surface area contributed by atoms with E-state index in [4.69, 9.17) is 16.6 Å². The number of carbonyl (C=O) groups excluding carboxylic acids is 1. The summed E-state index contributed by atoms with van der Waals surface area (Å²) < 4.78 is 0. The maximum atomic E-state index is 13.6. The Balaban J connectivity index is 1.89. The smallest absolute Gasteiger partial charge is 0.256 e. The monoisotopic (exact) mass is 428 g/mol. The SMILES string of the molecule is CCc1cccc(CC)c1NC(=O)c1cc(-c2ccccc2)nc2c(C)c(Cl)ccc12. The van der Waals surface area contributed by atoms with Gasteiger partial charge in [-0.1, -0.05) is 80.0 Å². The standard InChI is InChI=1S/C27H25ClN2O/c1-4-18-12-9-13-19(5-2)26(18)30-27(31)22-16-24(20-10-7-6-8-11-20)29-25-17(3)23(28)15-14-21(22)25/h6-16H,4-5H2,1-3H3,(H,30,31). The van der Waals surface area contributed by atoms with Gasteiger partial charge < -0.3 is 5.32 Å². The second-order valence-electron chi connectivity index (χ2n) is 7.60. The number of nitrogens with zero attached hydrogens (tertiary/aromatic N) is 1. The number of aromatic nitrogens is 1. The summed E-state index contributed by atoms with van der Waals surface area (Å²) in [5.41, 5.74) is 7.10. The molecule has 0 radical (unpaired) electrons.